The molecule has 66 valence electrons. The van der Waals surface area contributed by atoms with Crippen molar-refractivity contribution in [3.05, 3.63) is 48.6 Å². The van der Waals surface area contributed by atoms with Gasteiger partial charge in [-0.15, -0.1) is 0 Å². The Bertz CT molecular complexity index is 166. The fourth-order valence-corrected chi connectivity index (χ4v) is 0.779. The zero-order valence-electron chi connectivity index (χ0n) is 6.93. The third kappa shape index (κ3) is 9.66. The molecule has 0 radical (unpaired) electrons. The minimum Gasteiger partial charge on any atom is -0.175 e. The third-order valence-corrected chi connectivity index (χ3v) is 1.46. The summed E-state index contributed by atoms with van der Waals surface area (Å²) in [5.74, 6) is 1.57. The fraction of sp³-hybridized carbons (Fsp3) is 0.200. The van der Waals surface area contributed by atoms with E-state index in [1.165, 1.54) is 0 Å². The van der Waals surface area contributed by atoms with Crippen molar-refractivity contribution in [1.29, 1.82) is 0 Å². The summed E-state index contributed by atoms with van der Waals surface area (Å²) in [7, 11) is 0. The maximum Gasteiger partial charge on any atom is 0.00856 e. The van der Waals surface area contributed by atoms with E-state index in [9.17, 15) is 0 Å². The highest BCUT2D eigenvalue weighted by Crippen LogP contribution is 1.84. The highest BCUT2D eigenvalue weighted by molar-refractivity contribution is 7.80. The summed E-state index contributed by atoms with van der Waals surface area (Å²) in [5.41, 5.74) is 0. The molecule has 0 aliphatic carbocycles. The predicted octanol–water partition coefficient (Wildman–Crippen LogP) is 3.07. The topological polar surface area (TPSA) is 0 Å². The Morgan fingerprint density at radius 3 is 1.25 bits per heavy atom. The maximum atomic E-state index is 4.03. The van der Waals surface area contributed by atoms with E-state index in [2.05, 4.69) is 25.3 Å². The van der Waals surface area contributed by atoms with Crippen molar-refractivity contribution in [2.24, 2.45) is 0 Å². The lowest BCUT2D eigenvalue weighted by Gasteiger charge is -1.75. The minimum atomic E-state index is 0.785. The molecule has 12 heavy (non-hydrogen) atoms. The van der Waals surface area contributed by atoms with Crippen LogP contribution in [0.4, 0.5) is 0 Å². The van der Waals surface area contributed by atoms with Crippen LogP contribution in [0.25, 0.3) is 0 Å². The SMILES string of the molecule is SC/C=C/C=C/C=C/C=C/CS. The summed E-state index contributed by atoms with van der Waals surface area (Å²) in [4.78, 5) is 0. The van der Waals surface area contributed by atoms with Crippen molar-refractivity contribution in [3.8, 4) is 0 Å². The number of rotatable bonds is 5. The van der Waals surface area contributed by atoms with Crippen LogP contribution in [0.3, 0.4) is 0 Å². The molecule has 0 atom stereocenters. The Morgan fingerprint density at radius 1 is 0.583 bits per heavy atom. The number of thiol groups is 2. The van der Waals surface area contributed by atoms with Crippen molar-refractivity contribution >= 4 is 25.3 Å². The van der Waals surface area contributed by atoms with Crippen LogP contribution in [0.2, 0.25) is 0 Å². The molecule has 0 saturated heterocycles. The van der Waals surface area contributed by atoms with Crippen LogP contribution in [0.5, 0.6) is 0 Å². The molecule has 0 bridgehead atoms. The van der Waals surface area contributed by atoms with Crippen molar-refractivity contribution in [2.75, 3.05) is 11.5 Å². The molecule has 0 aromatic rings. The lowest BCUT2D eigenvalue weighted by Crippen LogP contribution is -1.57. The van der Waals surface area contributed by atoms with Gasteiger partial charge in [0, 0.05) is 11.5 Å². The van der Waals surface area contributed by atoms with Crippen molar-refractivity contribution in [1.82, 2.24) is 0 Å². The lowest BCUT2D eigenvalue weighted by atomic mass is 10.4. The smallest absolute Gasteiger partial charge is 0.00856 e. The Kier molecular flexibility index (Phi) is 10.4. The molecule has 0 rings (SSSR count). The highest BCUT2D eigenvalue weighted by atomic mass is 32.1. The quantitative estimate of drug-likeness (QED) is 0.492. The molecular weight excluding hydrogens is 184 g/mol. The minimum absolute atomic E-state index is 0.785. The molecule has 2 heteroatoms. The van der Waals surface area contributed by atoms with Gasteiger partial charge in [-0.25, -0.2) is 0 Å². The monoisotopic (exact) mass is 198 g/mol. The van der Waals surface area contributed by atoms with Crippen molar-refractivity contribution in [3.63, 3.8) is 0 Å². The average molecular weight is 198 g/mol. The van der Waals surface area contributed by atoms with E-state index in [1.807, 2.05) is 48.6 Å². The van der Waals surface area contributed by atoms with Crippen molar-refractivity contribution < 1.29 is 0 Å². The van der Waals surface area contributed by atoms with Crippen LogP contribution in [0.15, 0.2) is 48.6 Å². The molecule has 0 nitrogen and oxygen atoms in total. The largest absolute Gasteiger partial charge is 0.175 e. The fourth-order valence-electron chi connectivity index (χ4n) is 0.535. The van der Waals surface area contributed by atoms with E-state index in [1.54, 1.807) is 0 Å². The molecule has 0 N–H and O–H groups in total. The first-order valence-corrected chi connectivity index (χ1v) is 5.05. The van der Waals surface area contributed by atoms with Crippen LogP contribution in [-0.2, 0) is 0 Å². The molecule has 0 heterocycles. The second-order valence-electron chi connectivity index (χ2n) is 1.99. The zero-order valence-corrected chi connectivity index (χ0v) is 8.72. The Morgan fingerprint density at radius 2 is 0.917 bits per heavy atom. The molecular formula is C10H14S2. The Labute approximate surface area is 85.6 Å². The van der Waals surface area contributed by atoms with Gasteiger partial charge in [-0.2, -0.15) is 25.3 Å². The molecule has 0 aliphatic heterocycles. The first-order chi connectivity index (χ1) is 5.91. The van der Waals surface area contributed by atoms with Gasteiger partial charge >= 0.3 is 0 Å². The second kappa shape index (κ2) is 10.7. The molecule has 0 aliphatic rings. The van der Waals surface area contributed by atoms with E-state index < -0.39 is 0 Å². The first kappa shape index (κ1) is 11.7. The van der Waals surface area contributed by atoms with E-state index in [0.29, 0.717) is 0 Å². The van der Waals surface area contributed by atoms with Crippen LogP contribution in [-0.4, -0.2) is 11.5 Å². The standard InChI is InChI=1S/C10H14S2/c11-9-7-5-3-1-2-4-6-8-10-12/h1-8,11-12H,9-10H2/b3-1+,4-2+,7-5+,8-6+. The average Bonchev–Trinajstić information content (AvgIpc) is 2.10. The van der Waals surface area contributed by atoms with Crippen molar-refractivity contribution in [2.45, 2.75) is 0 Å². The molecule has 0 aromatic heterocycles. The Hall–Kier alpha value is -0.340. The van der Waals surface area contributed by atoms with E-state index in [4.69, 9.17) is 0 Å². The lowest BCUT2D eigenvalue weighted by molar-refractivity contribution is 1.75. The maximum absolute atomic E-state index is 4.03. The predicted molar refractivity (Wildman–Crippen MR) is 64.3 cm³/mol. The molecule has 0 aromatic carbocycles. The summed E-state index contributed by atoms with van der Waals surface area (Å²) >= 11 is 8.07. The van der Waals surface area contributed by atoms with Crippen LogP contribution < -0.4 is 0 Å². The van der Waals surface area contributed by atoms with Gasteiger partial charge in [0.15, 0.2) is 0 Å². The van der Waals surface area contributed by atoms with Gasteiger partial charge in [-0.3, -0.25) is 0 Å². The van der Waals surface area contributed by atoms with Crippen LogP contribution in [0.1, 0.15) is 0 Å². The zero-order chi connectivity index (χ0) is 9.07. The van der Waals surface area contributed by atoms with Crippen LogP contribution >= 0.6 is 25.3 Å². The van der Waals surface area contributed by atoms with Crippen LogP contribution in [0, 0.1) is 0 Å². The molecule has 0 unspecified atom stereocenters. The molecule has 0 spiro atoms. The van der Waals surface area contributed by atoms with Gasteiger partial charge in [-0.05, 0) is 0 Å². The number of hydrogen-bond donors (Lipinski definition) is 2. The van der Waals surface area contributed by atoms with E-state index in [0.717, 1.165) is 11.5 Å². The second-order valence-corrected chi connectivity index (χ2v) is 2.72. The molecule has 0 fully saturated rings. The van der Waals surface area contributed by atoms with E-state index in [-0.39, 0.29) is 0 Å². The first-order valence-electron chi connectivity index (χ1n) is 3.78. The number of hydrogen-bond acceptors (Lipinski definition) is 2. The van der Waals surface area contributed by atoms with Gasteiger partial charge in [0.05, 0.1) is 0 Å². The summed E-state index contributed by atoms with van der Waals surface area (Å²) < 4.78 is 0. The summed E-state index contributed by atoms with van der Waals surface area (Å²) in [5, 5.41) is 0. The summed E-state index contributed by atoms with van der Waals surface area (Å²) in [6, 6.07) is 0. The summed E-state index contributed by atoms with van der Waals surface area (Å²) in [6.45, 7) is 0. The Balaban J connectivity index is 3.52. The van der Waals surface area contributed by atoms with Gasteiger partial charge < -0.3 is 0 Å². The van der Waals surface area contributed by atoms with E-state index >= 15 is 0 Å². The normalized spacial score (nSPS) is 13.2. The number of allylic oxidation sites excluding steroid dienone is 6. The summed E-state index contributed by atoms with van der Waals surface area (Å²) in [6.07, 6.45) is 15.8. The highest BCUT2D eigenvalue weighted by Gasteiger charge is 1.64. The molecule has 0 saturated carbocycles. The molecule has 0 amide bonds. The van der Waals surface area contributed by atoms with Gasteiger partial charge in [-0.1, -0.05) is 48.6 Å². The third-order valence-electron chi connectivity index (χ3n) is 1.04. The van der Waals surface area contributed by atoms with Gasteiger partial charge in [0.25, 0.3) is 0 Å². The van der Waals surface area contributed by atoms with Gasteiger partial charge in [0.2, 0.25) is 0 Å². The van der Waals surface area contributed by atoms with Gasteiger partial charge in [0.1, 0.15) is 0 Å².